The third-order valence-corrected chi connectivity index (χ3v) is 7.73. The molecule has 1 saturated heterocycles. The summed E-state index contributed by atoms with van der Waals surface area (Å²) in [6.45, 7) is 2.50. The molecule has 27 heavy (non-hydrogen) atoms. The summed E-state index contributed by atoms with van der Waals surface area (Å²) in [4.78, 5) is 14.2. The summed E-state index contributed by atoms with van der Waals surface area (Å²) in [6.07, 6.45) is 0. The maximum atomic E-state index is 12.5. The van der Waals surface area contributed by atoms with E-state index in [0.29, 0.717) is 36.9 Å². The number of carbonyl (C=O) groups is 1. The highest BCUT2D eigenvalue weighted by Gasteiger charge is 2.29. The molecule has 9 heteroatoms. The SMILES string of the molecule is COc1ccccc1CNC(=O)CN1CCN(S(=O)(=O)c2cccs2)CC1. The van der Waals surface area contributed by atoms with Crippen LogP contribution in [0.15, 0.2) is 46.0 Å². The Morgan fingerprint density at radius 1 is 1.15 bits per heavy atom. The molecule has 0 saturated carbocycles. The van der Waals surface area contributed by atoms with Crippen LogP contribution < -0.4 is 10.1 Å². The second-order valence-electron chi connectivity index (χ2n) is 6.20. The zero-order chi connectivity index (χ0) is 19.3. The predicted molar refractivity (Wildman–Crippen MR) is 104 cm³/mol. The predicted octanol–water partition coefficient (Wildman–Crippen LogP) is 1.38. The van der Waals surface area contributed by atoms with Gasteiger partial charge in [-0.3, -0.25) is 9.69 Å². The Kier molecular flexibility index (Phi) is 6.48. The Balaban J connectivity index is 1.47. The minimum atomic E-state index is -3.41. The van der Waals surface area contributed by atoms with Crippen molar-refractivity contribution in [3.63, 3.8) is 0 Å². The van der Waals surface area contributed by atoms with Crippen molar-refractivity contribution < 1.29 is 17.9 Å². The number of nitrogens with zero attached hydrogens (tertiary/aromatic N) is 2. The van der Waals surface area contributed by atoms with Gasteiger partial charge in [-0.1, -0.05) is 24.3 Å². The number of piperazine rings is 1. The monoisotopic (exact) mass is 409 g/mol. The number of methoxy groups -OCH3 is 1. The molecule has 1 fully saturated rings. The smallest absolute Gasteiger partial charge is 0.252 e. The van der Waals surface area contributed by atoms with Crippen LogP contribution in [0.4, 0.5) is 0 Å². The number of para-hydroxylation sites is 1. The van der Waals surface area contributed by atoms with Gasteiger partial charge in [-0.15, -0.1) is 11.3 Å². The Morgan fingerprint density at radius 3 is 2.56 bits per heavy atom. The lowest BCUT2D eigenvalue weighted by Gasteiger charge is -2.33. The molecule has 2 heterocycles. The normalized spacial score (nSPS) is 16.2. The van der Waals surface area contributed by atoms with E-state index in [0.717, 1.165) is 11.3 Å². The van der Waals surface area contributed by atoms with Crippen molar-refractivity contribution >= 4 is 27.3 Å². The van der Waals surface area contributed by atoms with Crippen molar-refractivity contribution in [2.75, 3.05) is 39.8 Å². The summed E-state index contributed by atoms with van der Waals surface area (Å²) >= 11 is 1.22. The van der Waals surface area contributed by atoms with Crippen LogP contribution in [0.1, 0.15) is 5.56 Å². The van der Waals surface area contributed by atoms with Crippen LogP contribution in [0.3, 0.4) is 0 Å². The highest BCUT2D eigenvalue weighted by Crippen LogP contribution is 2.22. The summed E-state index contributed by atoms with van der Waals surface area (Å²) in [7, 11) is -1.81. The first kappa shape index (κ1) is 19.8. The second kappa shape index (κ2) is 8.83. The van der Waals surface area contributed by atoms with Gasteiger partial charge < -0.3 is 10.1 Å². The molecule has 0 spiro atoms. The van der Waals surface area contributed by atoms with Gasteiger partial charge in [0.2, 0.25) is 5.91 Å². The Bertz CT molecular complexity index is 860. The Morgan fingerprint density at radius 2 is 1.89 bits per heavy atom. The third kappa shape index (κ3) is 4.86. The van der Waals surface area contributed by atoms with E-state index in [1.54, 1.807) is 24.6 Å². The summed E-state index contributed by atoms with van der Waals surface area (Å²) in [5, 5.41) is 4.65. The number of ether oxygens (including phenoxy) is 1. The average Bonchev–Trinajstić information content (AvgIpc) is 3.23. The van der Waals surface area contributed by atoms with Crippen LogP contribution in [0.5, 0.6) is 5.75 Å². The second-order valence-corrected chi connectivity index (χ2v) is 9.31. The molecule has 0 unspecified atom stereocenters. The highest BCUT2D eigenvalue weighted by molar-refractivity contribution is 7.91. The number of carbonyl (C=O) groups excluding carboxylic acids is 1. The molecule has 7 nitrogen and oxygen atoms in total. The standard InChI is InChI=1S/C18H23N3O4S2/c1-25-16-6-3-2-5-15(16)13-19-17(22)14-20-8-10-21(11-9-20)27(23,24)18-7-4-12-26-18/h2-7,12H,8-11,13-14H2,1H3,(H,19,22). The van der Waals surface area contributed by atoms with Gasteiger partial charge in [0.1, 0.15) is 9.96 Å². The first-order valence-electron chi connectivity index (χ1n) is 8.65. The summed E-state index contributed by atoms with van der Waals surface area (Å²) in [6, 6.07) is 10.9. The summed E-state index contributed by atoms with van der Waals surface area (Å²) in [5.41, 5.74) is 0.917. The number of benzene rings is 1. The maximum absolute atomic E-state index is 12.5. The zero-order valence-electron chi connectivity index (χ0n) is 15.1. The minimum absolute atomic E-state index is 0.0875. The molecule has 1 aliphatic rings. The number of amides is 1. The minimum Gasteiger partial charge on any atom is -0.496 e. The molecule has 1 aromatic heterocycles. The van der Waals surface area contributed by atoms with Crippen LogP contribution in [0.2, 0.25) is 0 Å². The number of thiophene rings is 1. The van der Waals surface area contributed by atoms with Gasteiger partial charge in [-0.2, -0.15) is 4.31 Å². The van der Waals surface area contributed by atoms with E-state index in [9.17, 15) is 13.2 Å². The fourth-order valence-electron chi connectivity index (χ4n) is 2.97. The van der Waals surface area contributed by atoms with Crippen LogP contribution in [-0.2, 0) is 21.4 Å². The van der Waals surface area contributed by atoms with E-state index < -0.39 is 10.0 Å². The van der Waals surface area contributed by atoms with E-state index in [4.69, 9.17) is 4.74 Å². The molecule has 2 aromatic rings. The number of nitrogens with one attached hydrogen (secondary N) is 1. The van der Waals surface area contributed by atoms with Gasteiger partial charge in [0.15, 0.2) is 0 Å². The van der Waals surface area contributed by atoms with Gasteiger partial charge in [-0.25, -0.2) is 8.42 Å². The van der Waals surface area contributed by atoms with Gasteiger partial charge in [0.25, 0.3) is 10.0 Å². The third-order valence-electron chi connectivity index (χ3n) is 4.46. The number of hydrogen-bond donors (Lipinski definition) is 1. The molecule has 0 atom stereocenters. The van der Waals surface area contributed by atoms with E-state index in [1.165, 1.54) is 15.6 Å². The Labute approximate surface area is 163 Å². The number of rotatable bonds is 7. The molecule has 1 N–H and O–H groups in total. The molecule has 1 aromatic carbocycles. The van der Waals surface area contributed by atoms with E-state index >= 15 is 0 Å². The Hall–Kier alpha value is -1.94. The molecular weight excluding hydrogens is 386 g/mol. The average molecular weight is 410 g/mol. The van der Waals surface area contributed by atoms with Gasteiger partial charge >= 0.3 is 0 Å². The van der Waals surface area contributed by atoms with E-state index in [2.05, 4.69) is 5.32 Å². The van der Waals surface area contributed by atoms with Crippen molar-refractivity contribution in [2.24, 2.45) is 0 Å². The molecule has 146 valence electrons. The molecule has 3 rings (SSSR count). The number of hydrogen-bond acceptors (Lipinski definition) is 6. The first-order valence-corrected chi connectivity index (χ1v) is 11.0. The van der Waals surface area contributed by atoms with E-state index in [1.807, 2.05) is 29.2 Å². The lowest BCUT2D eigenvalue weighted by atomic mass is 10.2. The number of sulfonamides is 1. The zero-order valence-corrected chi connectivity index (χ0v) is 16.8. The van der Waals surface area contributed by atoms with Crippen molar-refractivity contribution in [3.05, 3.63) is 47.3 Å². The first-order chi connectivity index (χ1) is 13.0. The quantitative estimate of drug-likeness (QED) is 0.747. The molecule has 0 radical (unpaired) electrons. The van der Waals surface area contributed by atoms with E-state index in [-0.39, 0.29) is 12.5 Å². The molecule has 0 bridgehead atoms. The topological polar surface area (TPSA) is 79.0 Å². The molecule has 1 amide bonds. The fraction of sp³-hybridized carbons (Fsp3) is 0.389. The van der Waals surface area contributed by atoms with Crippen molar-refractivity contribution in [1.29, 1.82) is 0 Å². The lowest BCUT2D eigenvalue weighted by molar-refractivity contribution is -0.122. The van der Waals surface area contributed by atoms with Crippen LogP contribution in [-0.4, -0.2) is 63.4 Å². The van der Waals surface area contributed by atoms with Crippen molar-refractivity contribution in [1.82, 2.24) is 14.5 Å². The highest BCUT2D eigenvalue weighted by atomic mass is 32.2. The molecule has 1 aliphatic heterocycles. The molecular formula is C18H23N3O4S2. The van der Waals surface area contributed by atoms with Gasteiger partial charge in [0.05, 0.1) is 13.7 Å². The summed E-state index contributed by atoms with van der Waals surface area (Å²) in [5.74, 6) is 0.653. The fourth-order valence-corrected chi connectivity index (χ4v) is 5.53. The van der Waals surface area contributed by atoms with Gasteiger partial charge in [0, 0.05) is 38.3 Å². The van der Waals surface area contributed by atoms with Crippen molar-refractivity contribution in [2.45, 2.75) is 10.8 Å². The van der Waals surface area contributed by atoms with Crippen LogP contribution >= 0.6 is 11.3 Å². The molecule has 0 aliphatic carbocycles. The lowest BCUT2D eigenvalue weighted by Crippen LogP contribution is -2.50. The summed E-state index contributed by atoms with van der Waals surface area (Å²) < 4.78 is 32.2. The van der Waals surface area contributed by atoms with Gasteiger partial charge in [-0.05, 0) is 17.5 Å². The van der Waals surface area contributed by atoms with Crippen molar-refractivity contribution in [3.8, 4) is 5.75 Å². The largest absolute Gasteiger partial charge is 0.496 e. The van der Waals surface area contributed by atoms with Crippen LogP contribution in [0, 0.1) is 0 Å². The van der Waals surface area contributed by atoms with Crippen LogP contribution in [0.25, 0.3) is 0 Å². The maximum Gasteiger partial charge on any atom is 0.252 e.